The van der Waals surface area contributed by atoms with Gasteiger partial charge in [0.1, 0.15) is 0 Å². The van der Waals surface area contributed by atoms with E-state index in [1.165, 1.54) is 38.6 Å². The van der Waals surface area contributed by atoms with Crippen LogP contribution in [0.1, 0.15) is 32.1 Å². The van der Waals surface area contributed by atoms with Gasteiger partial charge in [-0.05, 0) is 38.6 Å². The van der Waals surface area contributed by atoms with Gasteiger partial charge in [-0.25, -0.2) is 0 Å². The first-order chi connectivity index (χ1) is 7.24. The molecule has 0 aromatic heterocycles. The van der Waals surface area contributed by atoms with Crippen LogP contribution in [0.4, 0.5) is 0 Å². The summed E-state index contributed by atoms with van der Waals surface area (Å²) in [7, 11) is 2.12. The van der Waals surface area contributed by atoms with Crippen molar-refractivity contribution in [1.82, 2.24) is 10.2 Å². The molecule has 0 aromatic rings. The van der Waals surface area contributed by atoms with Gasteiger partial charge in [-0.1, -0.05) is 6.42 Å². The first-order valence-electron chi connectivity index (χ1n) is 6.34. The molecule has 15 heavy (non-hydrogen) atoms. The zero-order valence-electron chi connectivity index (χ0n) is 9.78. The molecule has 0 heterocycles. The molecule has 0 spiro atoms. The van der Waals surface area contributed by atoms with Gasteiger partial charge in [0.2, 0.25) is 0 Å². The van der Waals surface area contributed by atoms with Crippen molar-refractivity contribution in [3.63, 3.8) is 0 Å². The van der Waals surface area contributed by atoms with Crippen LogP contribution in [0.15, 0.2) is 0 Å². The molecule has 3 nitrogen and oxygen atoms in total. The van der Waals surface area contributed by atoms with E-state index in [-0.39, 0.29) is 6.10 Å². The van der Waals surface area contributed by atoms with Crippen LogP contribution in [0.3, 0.4) is 0 Å². The van der Waals surface area contributed by atoms with Crippen molar-refractivity contribution in [2.75, 3.05) is 26.7 Å². The number of aliphatic hydroxyl groups excluding tert-OH is 1. The number of nitrogens with one attached hydrogen (secondary N) is 1. The van der Waals surface area contributed by atoms with Crippen LogP contribution in [-0.4, -0.2) is 48.8 Å². The quantitative estimate of drug-likeness (QED) is 0.656. The van der Waals surface area contributed by atoms with Crippen molar-refractivity contribution < 1.29 is 5.11 Å². The van der Waals surface area contributed by atoms with E-state index in [1.807, 2.05) is 0 Å². The standard InChI is InChI=1S/C12H24N2O/c1-14(8-10-3-2-4-10)9-12(15)7-13-11-5-6-11/h10-13,15H,2-9H2,1H3. The summed E-state index contributed by atoms with van der Waals surface area (Å²) in [5.41, 5.74) is 0. The molecule has 0 radical (unpaired) electrons. The van der Waals surface area contributed by atoms with Crippen molar-refractivity contribution in [3.05, 3.63) is 0 Å². The minimum absolute atomic E-state index is 0.198. The van der Waals surface area contributed by atoms with Gasteiger partial charge in [-0.2, -0.15) is 0 Å². The highest BCUT2D eigenvalue weighted by atomic mass is 16.3. The lowest BCUT2D eigenvalue weighted by Gasteiger charge is -2.31. The number of likely N-dealkylation sites (N-methyl/N-ethyl adjacent to an activating group) is 1. The topological polar surface area (TPSA) is 35.5 Å². The molecule has 0 saturated heterocycles. The van der Waals surface area contributed by atoms with E-state index in [9.17, 15) is 5.11 Å². The maximum Gasteiger partial charge on any atom is 0.0791 e. The number of rotatable bonds is 7. The lowest BCUT2D eigenvalue weighted by Crippen LogP contribution is -2.39. The molecule has 0 aliphatic heterocycles. The van der Waals surface area contributed by atoms with Crippen LogP contribution in [0.2, 0.25) is 0 Å². The molecule has 0 bridgehead atoms. The van der Waals surface area contributed by atoms with Crippen LogP contribution in [0.25, 0.3) is 0 Å². The molecule has 2 aliphatic rings. The van der Waals surface area contributed by atoms with Crippen molar-refractivity contribution in [2.24, 2.45) is 5.92 Å². The third-order valence-corrected chi connectivity index (χ3v) is 3.54. The lowest BCUT2D eigenvalue weighted by atomic mass is 9.85. The van der Waals surface area contributed by atoms with Crippen molar-refractivity contribution in [2.45, 2.75) is 44.2 Å². The number of aliphatic hydroxyl groups is 1. The largest absolute Gasteiger partial charge is 0.390 e. The zero-order valence-corrected chi connectivity index (χ0v) is 9.78. The van der Waals surface area contributed by atoms with Crippen LogP contribution in [0.5, 0.6) is 0 Å². The Balaban J connectivity index is 1.52. The summed E-state index contributed by atoms with van der Waals surface area (Å²) >= 11 is 0. The minimum atomic E-state index is -0.198. The number of hydrogen-bond donors (Lipinski definition) is 2. The van der Waals surface area contributed by atoms with Crippen molar-refractivity contribution in [3.8, 4) is 0 Å². The van der Waals surface area contributed by atoms with Gasteiger partial charge in [0.25, 0.3) is 0 Å². The minimum Gasteiger partial charge on any atom is -0.390 e. The van der Waals surface area contributed by atoms with Crippen LogP contribution in [0, 0.1) is 5.92 Å². The highest BCUT2D eigenvalue weighted by Gasteiger charge is 2.23. The molecule has 0 amide bonds. The number of hydrogen-bond acceptors (Lipinski definition) is 3. The van der Waals surface area contributed by atoms with E-state index in [2.05, 4.69) is 17.3 Å². The van der Waals surface area contributed by atoms with Gasteiger partial charge in [-0.15, -0.1) is 0 Å². The number of nitrogens with zero attached hydrogens (tertiary/aromatic N) is 1. The molecule has 1 unspecified atom stereocenters. The van der Waals surface area contributed by atoms with Crippen molar-refractivity contribution >= 4 is 0 Å². The second-order valence-electron chi connectivity index (χ2n) is 5.35. The molecule has 0 aromatic carbocycles. The van der Waals surface area contributed by atoms with Crippen LogP contribution < -0.4 is 5.32 Å². The normalized spacial score (nSPS) is 24.2. The Labute approximate surface area is 92.8 Å². The summed E-state index contributed by atoms with van der Waals surface area (Å²) in [6, 6.07) is 0.705. The van der Waals surface area contributed by atoms with E-state index >= 15 is 0 Å². The molecule has 2 fully saturated rings. The average Bonchev–Trinajstić information content (AvgIpc) is 2.91. The third kappa shape index (κ3) is 4.09. The lowest BCUT2D eigenvalue weighted by molar-refractivity contribution is 0.105. The predicted molar refractivity (Wildman–Crippen MR) is 61.9 cm³/mol. The van der Waals surface area contributed by atoms with Gasteiger partial charge in [0.05, 0.1) is 6.10 Å². The van der Waals surface area contributed by atoms with E-state index in [4.69, 9.17) is 0 Å². The van der Waals surface area contributed by atoms with Crippen LogP contribution >= 0.6 is 0 Å². The van der Waals surface area contributed by atoms with Gasteiger partial charge in [-0.3, -0.25) is 0 Å². The first-order valence-corrected chi connectivity index (χ1v) is 6.34. The molecule has 2 aliphatic carbocycles. The Morgan fingerprint density at radius 1 is 1.33 bits per heavy atom. The Kier molecular flexibility index (Phi) is 4.00. The first kappa shape index (κ1) is 11.4. The predicted octanol–water partition coefficient (Wildman–Crippen LogP) is 0.831. The van der Waals surface area contributed by atoms with Gasteiger partial charge >= 0.3 is 0 Å². The van der Waals surface area contributed by atoms with Gasteiger partial charge < -0.3 is 15.3 Å². The highest BCUT2D eigenvalue weighted by Crippen LogP contribution is 2.26. The fourth-order valence-electron chi connectivity index (χ4n) is 2.21. The van der Waals surface area contributed by atoms with E-state index in [0.717, 1.165) is 19.0 Å². The summed E-state index contributed by atoms with van der Waals surface area (Å²) < 4.78 is 0. The van der Waals surface area contributed by atoms with E-state index in [0.29, 0.717) is 6.04 Å². The summed E-state index contributed by atoms with van der Waals surface area (Å²) in [5, 5.41) is 13.2. The summed E-state index contributed by atoms with van der Waals surface area (Å²) in [4.78, 5) is 2.28. The second-order valence-corrected chi connectivity index (χ2v) is 5.35. The molecule has 3 heteroatoms. The Morgan fingerprint density at radius 2 is 2.07 bits per heavy atom. The fourth-order valence-corrected chi connectivity index (χ4v) is 2.21. The monoisotopic (exact) mass is 212 g/mol. The van der Waals surface area contributed by atoms with Gasteiger partial charge in [0, 0.05) is 25.7 Å². The second kappa shape index (κ2) is 5.28. The van der Waals surface area contributed by atoms with Crippen LogP contribution in [-0.2, 0) is 0 Å². The molecule has 1 atom stereocenters. The Bertz CT molecular complexity index is 190. The summed E-state index contributed by atoms with van der Waals surface area (Å²) in [5.74, 6) is 0.901. The summed E-state index contributed by atoms with van der Waals surface area (Å²) in [6.07, 6.45) is 6.58. The fraction of sp³-hybridized carbons (Fsp3) is 1.00. The third-order valence-electron chi connectivity index (χ3n) is 3.54. The zero-order chi connectivity index (χ0) is 10.7. The molecular weight excluding hydrogens is 188 g/mol. The molecular formula is C12H24N2O. The summed E-state index contributed by atoms with van der Waals surface area (Å²) in [6.45, 7) is 2.75. The van der Waals surface area contributed by atoms with Crippen molar-refractivity contribution in [1.29, 1.82) is 0 Å². The van der Waals surface area contributed by atoms with E-state index < -0.39 is 0 Å². The van der Waals surface area contributed by atoms with Gasteiger partial charge in [0.15, 0.2) is 0 Å². The molecule has 88 valence electrons. The maximum absolute atomic E-state index is 9.80. The van der Waals surface area contributed by atoms with E-state index in [1.54, 1.807) is 0 Å². The molecule has 2 N–H and O–H groups in total. The molecule has 2 saturated carbocycles. The molecule has 2 rings (SSSR count). The maximum atomic E-state index is 9.80. The SMILES string of the molecule is CN(CC(O)CNC1CC1)CC1CCC1. The Hall–Kier alpha value is -0.120. The average molecular weight is 212 g/mol. The highest BCUT2D eigenvalue weighted by molar-refractivity contribution is 4.82. The smallest absolute Gasteiger partial charge is 0.0791 e. The Morgan fingerprint density at radius 3 is 2.60 bits per heavy atom.